The van der Waals surface area contributed by atoms with Gasteiger partial charge in [0.05, 0.1) is 34.4 Å². The number of nitrogens with zero attached hydrogens (tertiary/aromatic N) is 1. The fourth-order valence-electron chi connectivity index (χ4n) is 9.06. The highest BCUT2D eigenvalue weighted by Gasteiger charge is 2.25. The van der Waals surface area contributed by atoms with E-state index in [9.17, 15) is 19.5 Å². The van der Waals surface area contributed by atoms with Crippen molar-refractivity contribution in [2.24, 2.45) is 0 Å². The molecule has 0 radical (unpaired) electrons. The van der Waals surface area contributed by atoms with Crippen LogP contribution in [0.15, 0.2) is 158 Å². The van der Waals surface area contributed by atoms with Gasteiger partial charge in [0.2, 0.25) is 0 Å². The van der Waals surface area contributed by atoms with E-state index in [4.69, 9.17) is 18.9 Å². The lowest BCUT2D eigenvalue weighted by Crippen LogP contribution is -2.40. The SMILES string of the molecule is CC/C=C\C/C=C\C/C=C\C/C=C\C/C=C\C/C=C\C/C=C\C/C=C\CCCCCCCCCCCCCCCCC(=O)OC(COC(=O)CCCCCCCCC/C=C\C/C=C\C/C=C\C/C=C\C/C=C\CC)COC(OCC[N+](C)(C)C)C(=O)O. The van der Waals surface area contributed by atoms with Crippen LogP contribution < -0.4 is 0 Å². The first kappa shape index (κ1) is 81.9. The maximum Gasteiger partial charge on any atom is 0.361 e. The van der Waals surface area contributed by atoms with Crippen LogP contribution in [0.1, 0.15) is 258 Å². The molecule has 0 aromatic carbocycles. The molecule has 0 aromatic heterocycles. The fourth-order valence-corrected chi connectivity index (χ4v) is 9.06. The third-order valence-corrected chi connectivity index (χ3v) is 14.3. The Labute approximate surface area is 534 Å². The van der Waals surface area contributed by atoms with Gasteiger partial charge in [-0.2, -0.15) is 0 Å². The second-order valence-electron chi connectivity index (χ2n) is 23.7. The monoisotopic (exact) mass is 1210 g/mol. The van der Waals surface area contributed by atoms with E-state index in [1.165, 1.54) is 89.9 Å². The molecule has 9 heteroatoms. The largest absolute Gasteiger partial charge is 0.477 e. The number of aliphatic carboxylic acids is 1. The highest BCUT2D eigenvalue weighted by Crippen LogP contribution is 2.16. The van der Waals surface area contributed by atoms with E-state index in [0.717, 1.165) is 135 Å². The van der Waals surface area contributed by atoms with E-state index in [1.807, 2.05) is 21.1 Å². The molecule has 0 aliphatic carbocycles. The number of carbonyl (C=O) groups is 3. The van der Waals surface area contributed by atoms with Crippen molar-refractivity contribution in [1.82, 2.24) is 0 Å². The lowest BCUT2D eigenvalue weighted by molar-refractivity contribution is -0.870. The van der Waals surface area contributed by atoms with E-state index in [1.54, 1.807) is 0 Å². The number of unbranched alkanes of at least 4 members (excludes halogenated alkanes) is 21. The van der Waals surface area contributed by atoms with Crippen LogP contribution in [0.25, 0.3) is 0 Å². The molecule has 2 atom stereocenters. The average Bonchev–Trinajstić information content (AvgIpc) is 3.55. The summed E-state index contributed by atoms with van der Waals surface area (Å²) in [6.07, 6.45) is 96.3. The fraction of sp³-hybridized carbons (Fsp3) is 0.628. The first-order valence-electron chi connectivity index (χ1n) is 34.6. The number of carboxylic acid groups (broad SMARTS) is 1. The molecule has 492 valence electrons. The molecule has 0 spiro atoms. The van der Waals surface area contributed by atoms with Crippen LogP contribution in [0.5, 0.6) is 0 Å². The molecule has 0 heterocycles. The molecule has 0 rings (SSSR count). The Balaban J connectivity index is 4.15. The van der Waals surface area contributed by atoms with Crippen LogP contribution in [-0.2, 0) is 33.3 Å². The quantitative estimate of drug-likeness (QED) is 0.0211. The zero-order chi connectivity index (χ0) is 63.3. The summed E-state index contributed by atoms with van der Waals surface area (Å²) in [4.78, 5) is 37.6. The van der Waals surface area contributed by atoms with E-state index in [0.29, 0.717) is 17.4 Å². The molecule has 87 heavy (non-hydrogen) atoms. The summed E-state index contributed by atoms with van der Waals surface area (Å²) < 4.78 is 22.9. The lowest BCUT2D eigenvalue weighted by atomic mass is 10.0. The molecule has 0 saturated heterocycles. The first-order valence-corrected chi connectivity index (χ1v) is 34.6. The van der Waals surface area contributed by atoms with Gasteiger partial charge in [-0.15, -0.1) is 0 Å². The molecule has 0 fully saturated rings. The molecule has 0 bridgehead atoms. The summed E-state index contributed by atoms with van der Waals surface area (Å²) in [5, 5.41) is 9.74. The standard InChI is InChI=1S/C78H127NO8/c1-6-8-10-12-14-16-18-20-22-24-26-28-30-31-32-33-34-35-36-37-38-39-40-41-42-43-44-45-47-49-51-53-55-57-59-61-63-65-67-69-76(81)87-74(73-86-78(77(82)83)84-71-70-79(3,4)5)72-85-75(80)68-66-64-62-60-58-56-54-52-50-48-46-29-27-25-23-21-19-17-15-13-11-9-7-2/h8-11,14-17,20-23,26-29,31-32,34-35,37-38,40-41,48,50,74,78H,6-7,12-13,18-19,24-25,30,33,36,39,42-47,49,51-73H2,1-5H3/p+1/b10-8-,11-9-,16-14-,17-15-,22-20-,23-21-,28-26-,29-27-,32-31-,35-34-,38-37-,41-40-,50-48-. The predicted octanol–water partition coefficient (Wildman–Crippen LogP) is 21.7. The highest BCUT2D eigenvalue weighted by atomic mass is 16.7. The van der Waals surface area contributed by atoms with Gasteiger partial charge in [0.1, 0.15) is 13.2 Å². The van der Waals surface area contributed by atoms with Crippen LogP contribution in [0.3, 0.4) is 0 Å². The van der Waals surface area contributed by atoms with Crippen LogP contribution in [0.4, 0.5) is 0 Å². The van der Waals surface area contributed by atoms with Crippen molar-refractivity contribution in [2.75, 3.05) is 47.5 Å². The van der Waals surface area contributed by atoms with E-state index in [2.05, 4.69) is 172 Å². The van der Waals surface area contributed by atoms with E-state index >= 15 is 0 Å². The molecule has 1 N–H and O–H groups in total. The number of carbonyl (C=O) groups excluding carboxylic acids is 2. The van der Waals surface area contributed by atoms with Gasteiger partial charge in [-0.25, -0.2) is 4.79 Å². The molecular formula is C78H128NO8+. The Morgan fingerprint density at radius 2 is 0.621 bits per heavy atom. The number of ether oxygens (including phenoxy) is 4. The molecule has 2 unspecified atom stereocenters. The Morgan fingerprint density at radius 1 is 0.345 bits per heavy atom. The summed E-state index contributed by atoms with van der Waals surface area (Å²) in [6, 6.07) is 0. The number of allylic oxidation sites excluding steroid dienone is 26. The molecule has 0 amide bonds. The molecule has 9 nitrogen and oxygen atoms in total. The van der Waals surface area contributed by atoms with Crippen molar-refractivity contribution in [3.05, 3.63) is 158 Å². The lowest BCUT2D eigenvalue weighted by Gasteiger charge is -2.25. The second kappa shape index (κ2) is 66.9. The number of likely N-dealkylation sites (N-methyl/N-ethyl adjacent to an activating group) is 1. The van der Waals surface area contributed by atoms with Gasteiger partial charge < -0.3 is 28.5 Å². The molecule has 0 saturated carbocycles. The zero-order valence-electron chi connectivity index (χ0n) is 56.1. The van der Waals surface area contributed by atoms with Gasteiger partial charge in [0.15, 0.2) is 6.10 Å². The Bertz CT molecular complexity index is 1990. The van der Waals surface area contributed by atoms with Gasteiger partial charge in [0.25, 0.3) is 6.29 Å². The topological polar surface area (TPSA) is 108 Å². The summed E-state index contributed by atoms with van der Waals surface area (Å²) in [6.45, 7) is 4.63. The normalized spacial score (nSPS) is 13.7. The Morgan fingerprint density at radius 3 is 0.920 bits per heavy atom. The van der Waals surface area contributed by atoms with Crippen LogP contribution >= 0.6 is 0 Å². The van der Waals surface area contributed by atoms with E-state index < -0.39 is 24.3 Å². The van der Waals surface area contributed by atoms with Crippen molar-refractivity contribution < 1.29 is 42.9 Å². The first-order chi connectivity index (χ1) is 42.6. The third kappa shape index (κ3) is 68.3. The Hall–Kier alpha value is -5.09. The van der Waals surface area contributed by atoms with Crippen LogP contribution in [0.2, 0.25) is 0 Å². The zero-order valence-corrected chi connectivity index (χ0v) is 56.1. The Kier molecular flexibility index (Phi) is 62.9. The molecule has 0 aliphatic heterocycles. The van der Waals surface area contributed by atoms with Gasteiger partial charge in [-0.05, 0) is 122 Å². The maximum absolute atomic E-state index is 12.9. The van der Waals surface area contributed by atoms with Gasteiger partial charge in [-0.1, -0.05) is 281 Å². The van der Waals surface area contributed by atoms with Crippen molar-refractivity contribution in [3.8, 4) is 0 Å². The van der Waals surface area contributed by atoms with Crippen LogP contribution in [0, 0.1) is 0 Å². The number of quaternary nitrogens is 1. The van der Waals surface area contributed by atoms with Gasteiger partial charge >= 0.3 is 17.9 Å². The van der Waals surface area contributed by atoms with Crippen molar-refractivity contribution >= 4 is 17.9 Å². The second-order valence-corrected chi connectivity index (χ2v) is 23.7. The summed E-state index contributed by atoms with van der Waals surface area (Å²) >= 11 is 0. The minimum atomic E-state index is -1.52. The minimum Gasteiger partial charge on any atom is -0.477 e. The molecule has 0 aromatic rings. The number of hydrogen-bond donors (Lipinski definition) is 1. The summed E-state index contributed by atoms with van der Waals surface area (Å²) in [5.41, 5.74) is 0. The number of hydrogen-bond acceptors (Lipinski definition) is 7. The predicted molar refractivity (Wildman–Crippen MR) is 373 cm³/mol. The molecule has 0 aliphatic rings. The number of esters is 2. The summed E-state index contributed by atoms with van der Waals surface area (Å²) in [7, 11) is 5.96. The summed E-state index contributed by atoms with van der Waals surface area (Å²) in [5.74, 6) is -2.03. The molecular weight excluding hydrogens is 1080 g/mol. The van der Waals surface area contributed by atoms with Gasteiger partial charge in [-0.3, -0.25) is 9.59 Å². The van der Waals surface area contributed by atoms with Crippen LogP contribution in [-0.4, -0.2) is 87.4 Å². The highest BCUT2D eigenvalue weighted by molar-refractivity contribution is 5.71. The smallest absolute Gasteiger partial charge is 0.361 e. The maximum atomic E-state index is 12.9. The number of carboxylic acids is 1. The average molecular weight is 1210 g/mol. The minimum absolute atomic E-state index is 0.178. The van der Waals surface area contributed by atoms with Gasteiger partial charge in [0, 0.05) is 12.8 Å². The van der Waals surface area contributed by atoms with Crippen molar-refractivity contribution in [3.63, 3.8) is 0 Å². The van der Waals surface area contributed by atoms with E-state index in [-0.39, 0.29) is 38.6 Å². The number of rotatable bonds is 62. The van der Waals surface area contributed by atoms with Crippen molar-refractivity contribution in [2.45, 2.75) is 270 Å². The van der Waals surface area contributed by atoms with Crippen molar-refractivity contribution in [1.29, 1.82) is 0 Å². The third-order valence-electron chi connectivity index (χ3n) is 14.3.